The molecule has 0 unspecified atom stereocenters. The second-order valence-corrected chi connectivity index (χ2v) is 8.15. The molecule has 0 saturated heterocycles. The lowest BCUT2D eigenvalue weighted by atomic mass is 10.4. The van der Waals surface area contributed by atoms with Gasteiger partial charge in [-0.2, -0.15) is 4.31 Å². The molecule has 0 atom stereocenters. The summed E-state index contributed by atoms with van der Waals surface area (Å²) >= 11 is 4.38. The van der Waals surface area contributed by atoms with Gasteiger partial charge in [-0.05, 0) is 40.2 Å². The van der Waals surface area contributed by atoms with Gasteiger partial charge < -0.3 is 5.32 Å². The van der Waals surface area contributed by atoms with E-state index in [9.17, 15) is 13.2 Å². The van der Waals surface area contributed by atoms with Crippen molar-refractivity contribution >= 4 is 43.2 Å². The van der Waals surface area contributed by atoms with E-state index >= 15 is 0 Å². The lowest BCUT2D eigenvalue weighted by molar-refractivity contribution is -0.121. The molecule has 0 aliphatic rings. The summed E-state index contributed by atoms with van der Waals surface area (Å²) in [5, 5.41) is 4.41. The zero-order valence-electron chi connectivity index (χ0n) is 11.6. The van der Waals surface area contributed by atoms with E-state index in [2.05, 4.69) is 21.2 Å². The number of thiophene rings is 1. The van der Waals surface area contributed by atoms with Crippen LogP contribution in [0.5, 0.6) is 0 Å². The van der Waals surface area contributed by atoms with Crippen molar-refractivity contribution in [1.82, 2.24) is 9.62 Å². The summed E-state index contributed by atoms with van der Waals surface area (Å²) in [6, 6.07) is 1.69. The summed E-state index contributed by atoms with van der Waals surface area (Å²) in [5.41, 5.74) is 0. The van der Waals surface area contributed by atoms with Crippen molar-refractivity contribution in [1.29, 1.82) is 0 Å². The van der Waals surface area contributed by atoms with Crippen LogP contribution in [-0.4, -0.2) is 38.3 Å². The first-order valence-corrected chi connectivity index (χ1v) is 9.54. The average Bonchev–Trinajstić information content (AvgIpc) is 2.82. The van der Waals surface area contributed by atoms with Crippen LogP contribution in [0.4, 0.5) is 0 Å². The Labute approximate surface area is 132 Å². The van der Waals surface area contributed by atoms with Crippen molar-refractivity contribution in [2.24, 2.45) is 0 Å². The molecule has 0 bridgehead atoms. The number of rotatable bonds is 8. The highest BCUT2D eigenvalue weighted by molar-refractivity contribution is 9.10. The minimum atomic E-state index is -3.63. The van der Waals surface area contributed by atoms with Gasteiger partial charge in [-0.15, -0.1) is 11.3 Å². The molecule has 1 rings (SSSR count). The molecule has 1 N–H and O–H groups in total. The van der Waals surface area contributed by atoms with Crippen LogP contribution >= 0.6 is 27.3 Å². The number of nitrogens with zero attached hydrogens (tertiary/aromatic N) is 1. The molecule has 5 nitrogen and oxygen atoms in total. The van der Waals surface area contributed by atoms with E-state index in [1.165, 1.54) is 4.31 Å². The first-order valence-electron chi connectivity index (χ1n) is 6.43. The Bertz CT molecular complexity index is 543. The van der Waals surface area contributed by atoms with Gasteiger partial charge in [0.2, 0.25) is 5.91 Å². The third-order valence-corrected chi connectivity index (χ3v) is 7.02. The molecule has 0 aliphatic heterocycles. The molecular formula is C12H19BrN2O3S2. The molecule has 20 heavy (non-hydrogen) atoms. The van der Waals surface area contributed by atoms with Crippen molar-refractivity contribution in [3.05, 3.63) is 15.9 Å². The van der Waals surface area contributed by atoms with E-state index in [1.54, 1.807) is 11.4 Å². The number of amides is 1. The summed E-state index contributed by atoms with van der Waals surface area (Å²) in [6.45, 7) is 4.58. The fourth-order valence-corrected chi connectivity index (χ4v) is 5.53. The fourth-order valence-electron chi connectivity index (χ4n) is 1.60. The molecule has 0 aliphatic carbocycles. The number of hydrogen-bond donors (Lipinski definition) is 1. The highest BCUT2D eigenvalue weighted by Crippen LogP contribution is 2.30. The van der Waals surface area contributed by atoms with Crippen molar-refractivity contribution < 1.29 is 13.2 Å². The standard InChI is InChI=1S/C12H19BrN2O3S2/c1-3-6-14-11(16)9-15(7-4-2)20(17,18)12-10(13)5-8-19-12/h5,8H,3-4,6-7,9H2,1-2H3,(H,14,16). The average molecular weight is 383 g/mol. The van der Waals surface area contributed by atoms with Gasteiger partial charge in [0.15, 0.2) is 0 Å². The molecule has 0 saturated carbocycles. The molecule has 1 aromatic rings. The number of hydrogen-bond acceptors (Lipinski definition) is 4. The topological polar surface area (TPSA) is 66.5 Å². The van der Waals surface area contributed by atoms with Crippen molar-refractivity contribution in [2.75, 3.05) is 19.6 Å². The Balaban J connectivity index is 2.90. The molecule has 0 radical (unpaired) electrons. The second-order valence-electron chi connectivity index (χ2n) is 4.24. The van der Waals surface area contributed by atoms with E-state index in [4.69, 9.17) is 0 Å². The normalized spacial score (nSPS) is 11.8. The molecule has 0 fully saturated rings. The van der Waals surface area contributed by atoms with Crippen LogP contribution in [0.1, 0.15) is 26.7 Å². The third-order valence-electron chi connectivity index (χ3n) is 2.52. The third kappa shape index (κ3) is 4.54. The van der Waals surface area contributed by atoms with Crippen molar-refractivity contribution in [2.45, 2.75) is 30.9 Å². The Morgan fingerprint density at radius 3 is 2.60 bits per heavy atom. The minimum absolute atomic E-state index is 0.138. The lowest BCUT2D eigenvalue weighted by Crippen LogP contribution is -2.41. The molecule has 0 aromatic carbocycles. The van der Waals surface area contributed by atoms with Gasteiger partial charge in [0.1, 0.15) is 4.21 Å². The Kier molecular flexibility index (Phi) is 7.14. The van der Waals surface area contributed by atoms with E-state index in [-0.39, 0.29) is 16.7 Å². The largest absolute Gasteiger partial charge is 0.355 e. The van der Waals surface area contributed by atoms with Gasteiger partial charge in [-0.3, -0.25) is 4.79 Å². The van der Waals surface area contributed by atoms with Gasteiger partial charge in [-0.1, -0.05) is 13.8 Å². The van der Waals surface area contributed by atoms with E-state index < -0.39 is 10.0 Å². The summed E-state index contributed by atoms with van der Waals surface area (Å²) in [4.78, 5) is 11.8. The summed E-state index contributed by atoms with van der Waals surface area (Å²) in [6.07, 6.45) is 1.48. The molecule has 1 amide bonds. The molecule has 0 spiro atoms. The predicted octanol–water partition coefficient (Wildman–Crippen LogP) is 2.44. The Morgan fingerprint density at radius 1 is 1.40 bits per heavy atom. The smallest absolute Gasteiger partial charge is 0.254 e. The SMILES string of the molecule is CCCNC(=O)CN(CCC)S(=O)(=O)c1sccc1Br. The monoisotopic (exact) mass is 382 g/mol. The van der Waals surface area contributed by atoms with Crippen LogP contribution in [-0.2, 0) is 14.8 Å². The quantitative estimate of drug-likeness (QED) is 0.750. The van der Waals surface area contributed by atoms with Crippen LogP contribution < -0.4 is 5.32 Å². The number of halogens is 1. The molecule has 1 aromatic heterocycles. The van der Waals surface area contributed by atoms with Gasteiger partial charge >= 0.3 is 0 Å². The van der Waals surface area contributed by atoms with Gasteiger partial charge in [0.05, 0.1) is 6.54 Å². The van der Waals surface area contributed by atoms with Gasteiger partial charge in [0, 0.05) is 17.6 Å². The molecule has 1 heterocycles. The lowest BCUT2D eigenvalue weighted by Gasteiger charge is -2.20. The predicted molar refractivity (Wildman–Crippen MR) is 84.4 cm³/mol. The van der Waals surface area contributed by atoms with Gasteiger partial charge in [0.25, 0.3) is 10.0 Å². The highest BCUT2D eigenvalue weighted by atomic mass is 79.9. The molecule has 8 heteroatoms. The minimum Gasteiger partial charge on any atom is -0.355 e. The van der Waals surface area contributed by atoms with E-state index in [0.717, 1.165) is 17.8 Å². The zero-order chi connectivity index (χ0) is 15.2. The fraction of sp³-hybridized carbons (Fsp3) is 0.583. The zero-order valence-corrected chi connectivity index (χ0v) is 14.8. The first-order chi connectivity index (χ1) is 9.43. The maximum absolute atomic E-state index is 12.5. The van der Waals surface area contributed by atoms with Crippen molar-refractivity contribution in [3.63, 3.8) is 0 Å². The Morgan fingerprint density at radius 2 is 2.10 bits per heavy atom. The number of carbonyl (C=O) groups excluding carboxylic acids is 1. The highest BCUT2D eigenvalue weighted by Gasteiger charge is 2.28. The van der Waals surface area contributed by atoms with Crippen LogP contribution in [0.15, 0.2) is 20.1 Å². The Hall–Kier alpha value is -0.440. The summed E-state index contributed by atoms with van der Waals surface area (Å²) in [7, 11) is -3.63. The van der Waals surface area contributed by atoms with E-state index in [1.807, 2.05) is 13.8 Å². The maximum Gasteiger partial charge on any atom is 0.254 e. The number of sulfonamides is 1. The van der Waals surface area contributed by atoms with Crippen LogP contribution in [0, 0.1) is 0 Å². The van der Waals surface area contributed by atoms with Crippen molar-refractivity contribution in [3.8, 4) is 0 Å². The first kappa shape index (κ1) is 17.6. The number of carbonyl (C=O) groups is 1. The van der Waals surface area contributed by atoms with Gasteiger partial charge in [-0.25, -0.2) is 8.42 Å². The van der Waals surface area contributed by atoms with Crippen LogP contribution in [0.2, 0.25) is 0 Å². The van der Waals surface area contributed by atoms with Crippen LogP contribution in [0.3, 0.4) is 0 Å². The summed E-state index contributed by atoms with van der Waals surface area (Å²) < 4.78 is 27.1. The second kappa shape index (κ2) is 8.11. The van der Waals surface area contributed by atoms with Crippen LogP contribution in [0.25, 0.3) is 0 Å². The maximum atomic E-state index is 12.5. The summed E-state index contributed by atoms with van der Waals surface area (Å²) in [5.74, 6) is -0.267. The van der Waals surface area contributed by atoms with E-state index in [0.29, 0.717) is 24.0 Å². The number of nitrogens with one attached hydrogen (secondary N) is 1. The molecule has 114 valence electrons. The molecular weight excluding hydrogens is 364 g/mol.